The highest BCUT2D eigenvalue weighted by Gasteiger charge is 2.18. The third-order valence-electron chi connectivity index (χ3n) is 3.06. The topological polar surface area (TPSA) is 36.1 Å². The smallest absolute Gasteiger partial charge is 0.210 e. The Labute approximate surface area is 87.7 Å². The summed E-state index contributed by atoms with van der Waals surface area (Å²) in [5.41, 5.74) is 3.74. The van der Waals surface area contributed by atoms with Crippen molar-refractivity contribution in [2.75, 3.05) is 6.54 Å². The monoisotopic (exact) mass is 200 g/mol. The number of fused-ring (bicyclic) bond motifs is 3. The van der Waals surface area contributed by atoms with Gasteiger partial charge in [0.2, 0.25) is 6.41 Å². The van der Waals surface area contributed by atoms with E-state index in [2.05, 4.69) is 23.2 Å². The van der Waals surface area contributed by atoms with Crippen molar-refractivity contribution in [1.29, 1.82) is 0 Å². The molecule has 3 heteroatoms. The summed E-state index contributed by atoms with van der Waals surface area (Å²) in [4.78, 5) is 15.9. The summed E-state index contributed by atoms with van der Waals surface area (Å²) in [6.45, 7) is 1.55. The van der Waals surface area contributed by atoms with E-state index < -0.39 is 0 Å². The Bertz CT molecular complexity index is 515. The molecule has 0 radical (unpaired) electrons. The number of H-pyrrole nitrogens is 1. The number of amides is 1. The van der Waals surface area contributed by atoms with Crippen LogP contribution < -0.4 is 0 Å². The van der Waals surface area contributed by atoms with Gasteiger partial charge < -0.3 is 9.88 Å². The van der Waals surface area contributed by atoms with Crippen LogP contribution in [0.25, 0.3) is 10.9 Å². The first kappa shape index (κ1) is 8.53. The summed E-state index contributed by atoms with van der Waals surface area (Å²) in [6, 6.07) is 8.31. The third-order valence-corrected chi connectivity index (χ3v) is 3.06. The number of carbonyl (C=O) groups excluding carboxylic acids is 1. The molecule has 0 aliphatic carbocycles. The van der Waals surface area contributed by atoms with Crippen LogP contribution in [0, 0.1) is 0 Å². The summed E-state index contributed by atoms with van der Waals surface area (Å²) < 4.78 is 0. The maximum absolute atomic E-state index is 10.7. The Morgan fingerprint density at radius 2 is 2.20 bits per heavy atom. The van der Waals surface area contributed by atoms with Crippen LogP contribution in [-0.4, -0.2) is 22.8 Å². The SMILES string of the molecule is O=CN1CCc2c([nH]c3ccccc23)C1. The summed E-state index contributed by atoms with van der Waals surface area (Å²) in [5.74, 6) is 0. The Kier molecular flexibility index (Phi) is 1.78. The molecule has 3 rings (SSSR count). The number of para-hydroxylation sites is 1. The Morgan fingerprint density at radius 3 is 3.07 bits per heavy atom. The minimum atomic E-state index is 0.716. The van der Waals surface area contributed by atoms with Gasteiger partial charge in [0.05, 0.1) is 6.54 Å². The number of aromatic nitrogens is 1. The predicted octanol–water partition coefficient (Wildman–Crippen LogP) is 1.68. The first-order valence-corrected chi connectivity index (χ1v) is 5.16. The van der Waals surface area contributed by atoms with Crippen molar-refractivity contribution in [2.45, 2.75) is 13.0 Å². The molecule has 2 heterocycles. The molecule has 0 saturated heterocycles. The number of hydrogen-bond donors (Lipinski definition) is 1. The van der Waals surface area contributed by atoms with Crippen molar-refractivity contribution in [3.05, 3.63) is 35.5 Å². The Morgan fingerprint density at radius 1 is 1.33 bits per heavy atom. The highest BCUT2D eigenvalue weighted by Crippen LogP contribution is 2.26. The molecule has 2 aromatic rings. The minimum absolute atomic E-state index is 0.716. The van der Waals surface area contributed by atoms with Crippen molar-refractivity contribution in [3.8, 4) is 0 Å². The average Bonchev–Trinajstić information content (AvgIpc) is 2.66. The maximum Gasteiger partial charge on any atom is 0.210 e. The first-order valence-electron chi connectivity index (χ1n) is 5.16. The standard InChI is InChI=1S/C12H12N2O/c15-8-14-6-5-10-9-3-1-2-4-11(9)13-12(10)7-14/h1-4,8,13H,5-7H2. The van der Waals surface area contributed by atoms with Crippen molar-refractivity contribution in [3.63, 3.8) is 0 Å². The molecular weight excluding hydrogens is 188 g/mol. The summed E-state index contributed by atoms with van der Waals surface area (Å²) >= 11 is 0. The summed E-state index contributed by atoms with van der Waals surface area (Å²) in [7, 11) is 0. The first-order chi connectivity index (χ1) is 7.38. The molecule has 0 unspecified atom stereocenters. The Balaban J connectivity index is 2.16. The molecule has 0 fully saturated rings. The summed E-state index contributed by atoms with van der Waals surface area (Å²) in [6.07, 6.45) is 1.88. The van der Waals surface area contributed by atoms with E-state index in [1.807, 2.05) is 6.07 Å². The van der Waals surface area contributed by atoms with Crippen LogP contribution in [0.4, 0.5) is 0 Å². The largest absolute Gasteiger partial charge is 0.357 e. The van der Waals surface area contributed by atoms with Crippen LogP contribution in [0.2, 0.25) is 0 Å². The highest BCUT2D eigenvalue weighted by molar-refractivity contribution is 5.85. The summed E-state index contributed by atoms with van der Waals surface area (Å²) in [5, 5.41) is 1.30. The van der Waals surface area contributed by atoms with Crippen LogP contribution in [-0.2, 0) is 17.8 Å². The van der Waals surface area contributed by atoms with Crippen LogP contribution in [0.5, 0.6) is 0 Å². The van der Waals surface area contributed by atoms with E-state index in [0.29, 0.717) is 6.54 Å². The van der Waals surface area contributed by atoms with Gasteiger partial charge in [-0.2, -0.15) is 0 Å². The second kappa shape index (κ2) is 3.12. The fourth-order valence-electron chi connectivity index (χ4n) is 2.30. The van der Waals surface area contributed by atoms with Crippen molar-refractivity contribution in [1.82, 2.24) is 9.88 Å². The second-order valence-electron chi connectivity index (χ2n) is 3.95. The van der Waals surface area contributed by atoms with Gasteiger partial charge in [0.25, 0.3) is 0 Å². The maximum atomic E-state index is 10.7. The van der Waals surface area contributed by atoms with Gasteiger partial charge >= 0.3 is 0 Å². The zero-order valence-corrected chi connectivity index (χ0v) is 8.36. The number of carbonyl (C=O) groups is 1. The number of benzene rings is 1. The van der Waals surface area contributed by atoms with Crippen LogP contribution >= 0.6 is 0 Å². The van der Waals surface area contributed by atoms with Gasteiger partial charge in [0.1, 0.15) is 0 Å². The van der Waals surface area contributed by atoms with Gasteiger partial charge in [-0.25, -0.2) is 0 Å². The van der Waals surface area contributed by atoms with Gasteiger partial charge in [-0.05, 0) is 18.1 Å². The molecule has 15 heavy (non-hydrogen) atoms. The van der Waals surface area contributed by atoms with Crippen molar-refractivity contribution in [2.24, 2.45) is 0 Å². The number of hydrogen-bond acceptors (Lipinski definition) is 1. The third kappa shape index (κ3) is 1.23. The fourth-order valence-corrected chi connectivity index (χ4v) is 2.30. The number of nitrogens with zero attached hydrogens (tertiary/aromatic N) is 1. The zero-order chi connectivity index (χ0) is 10.3. The highest BCUT2D eigenvalue weighted by atomic mass is 16.1. The molecule has 0 spiro atoms. The molecule has 1 aromatic heterocycles. The lowest BCUT2D eigenvalue weighted by Crippen LogP contribution is -2.28. The molecule has 1 aliphatic heterocycles. The van der Waals surface area contributed by atoms with Gasteiger partial charge in [0, 0.05) is 23.1 Å². The number of nitrogens with one attached hydrogen (secondary N) is 1. The van der Waals surface area contributed by atoms with Crippen molar-refractivity contribution >= 4 is 17.3 Å². The van der Waals surface area contributed by atoms with E-state index in [0.717, 1.165) is 19.4 Å². The molecule has 0 bridgehead atoms. The minimum Gasteiger partial charge on any atom is -0.357 e. The number of rotatable bonds is 1. The average molecular weight is 200 g/mol. The van der Waals surface area contributed by atoms with E-state index in [1.165, 1.54) is 22.2 Å². The molecule has 1 amide bonds. The number of aromatic amines is 1. The van der Waals surface area contributed by atoms with Crippen LogP contribution in [0.15, 0.2) is 24.3 Å². The lowest BCUT2D eigenvalue weighted by atomic mass is 10.0. The quantitative estimate of drug-likeness (QED) is 0.698. The fraction of sp³-hybridized carbons (Fsp3) is 0.250. The van der Waals surface area contributed by atoms with Crippen LogP contribution in [0.1, 0.15) is 11.3 Å². The lowest BCUT2D eigenvalue weighted by molar-refractivity contribution is -0.118. The molecule has 1 aliphatic rings. The molecule has 76 valence electrons. The van der Waals surface area contributed by atoms with Gasteiger partial charge in [-0.3, -0.25) is 4.79 Å². The molecule has 1 aromatic carbocycles. The zero-order valence-electron chi connectivity index (χ0n) is 8.36. The molecule has 1 N–H and O–H groups in total. The van der Waals surface area contributed by atoms with E-state index in [-0.39, 0.29) is 0 Å². The van der Waals surface area contributed by atoms with Crippen molar-refractivity contribution < 1.29 is 4.79 Å². The molecule has 3 nitrogen and oxygen atoms in total. The van der Waals surface area contributed by atoms with Gasteiger partial charge in [-0.15, -0.1) is 0 Å². The van der Waals surface area contributed by atoms with Gasteiger partial charge in [-0.1, -0.05) is 18.2 Å². The Hall–Kier alpha value is -1.77. The van der Waals surface area contributed by atoms with E-state index in [9.17, 15) is 4.79 Å². The second-order valence-corrected chi connectivity index (χ2v) is 3.95. The molecule has 0 saturated carbocycles. The predicted molar refractivity (Wildman–Crippen MR) is 58.5 cm³/mol. The van der Waals surface area contributed by atoms with E-state index in [1.54, 1.807) is 4.90 Å². The normalized spacial score (nSPS) is 15.3. The lowest BCUT2D eigenvalue weighted by Gasteiger charge is -2.22. The molecule has 0 atom stereocenters. The van der Waals surface area contributed by atoms with Gasteiger partial charge in [0.15, 0.2) is 0 Å². The molecular formula is C12H12N2O. The van der Waals surface area contributed by atoms with E-state index >= 15 is 0 Å². The van der Waals surface area contributed by atoms with E-state index in [4.69, 9.17) is 0 Å². The van der Waals surface area contributed by atoms with Crippen LogP contribution in [0.3, 0.4) is 0 Å².